The van der Waals surface area contributed by atoms with Crippen LogP contribution in [0.3, 0.4) is 0 Å². The fourth-order valence-electron chi connectivity index (χ4n) is 2.80. The summed E-state index contributed by atoms with van der Waals surface area (Å²) in [5.41, 5.74) is 5.56. The molecule has 32 heavy (non-hydrogen) atoms. The fraction of sp³-hybridized carbons (Fsp3) is 0.455. The van der Waals surface area contributed by atoms with E-state index in [1.54, 1.807) is 0 Å². The molecule has 180 valence electrons. The fourth-order valence-corrected chi connectivity index (χ4v) is 6.77. The largest absolute Gasteiger partial charge is 0.488 e. The molecule has 0 aromatic carbocycles. The number of rotatable bonds is 8. The van der Waals surface area contributed by atoms with Gasteiger partial charge in [0.25, 0.3) is 0 Å². The molecular formula is C11H16FN4O12P3S. The zero-order valence-electron chi connectivity index (χ0n) is 15.4. The first-order chi connectivity index (χ1) is 14.6. The minimum absolute atomic E-state index is 0.0563. The number of ether oxygens (including phenoxy) is 1. The standard InChI is InChI=1S/C11H16FN4O12P3S/c12-11-14-8(13)4-1-2-16(9(4)15-11)10-7(18)6(17)5(26-10)3-25-31(24,32)28-30(22,23)27-29(19,20)21/h1-2,5-7,10,17-18H,3H2,(H,22,23)(H,24,32)(H2,13,14,15)(H2,19,20,21). The van der Waals surface area contributed by atoms with Gasteiger partial charge in [0.15, 0.2) is 11.9 Å². The maximum absolute atomic E-state index is 13.5. The number of nitrogen functional groups attached to an aromatic ring is 1. The van der Waals surface area contributed by atoms with Gasteiger partial charge in [-0.3, -0.25) is 0 Å². The molecule has 2 aromatic rings. The van der Waals surface area contributed by atoms with Gasteiger partial charge in [0, 0.05) is 6.20 Å². The molecular weight excluding hydrogens is 524 g/mol. The highest BCUT2D eigenvalue weighted by atomic mass is 32.5. The maximum atomic E-state index is 13.5. The van der Waals surface area contributed by atoms with Crippen LogP contribution in [0.2, 0.25) is 0 Å². The van der Waals surface area contributed by atoms with Crippen molar-refractivity contribution < 1.29 is 61.2 Å². The molecule has 21 heteroatoms. The predicted molar refractivity (Wildman–Crippen MR) is 104 cm³/mol. The lowest BCUT2D eigenvalue weighted by Gasteiger charge is -2.21. The second-order valence-corrected chi connectivity index (χ2v) is 12.1. The molecule has 0 amide bonds. The molecule has 1 fully saturated rings. The Kier molecular flexibility index (Phi) is 7.24. The molecule has 6 atom stereocenters. The predicted octanol–water partition coefficient (Wildman–Crippen LogP) is -0.769. The highest BCUT2D eigenvalue weighted by Crippen LogP contribution is 2.66. The van der Waals surface area contributed by atoms with Crippen LogP contribution in [0.1, 0.15) is 6.23 Å². The van der Waals surface area contributed by atoms with Gasteiger partial charge in [-0.05, 0) is 17.9 Å². The summed E-state index contributed by atoms with van der Waals surface area (Å²) in [5, 5.41) is 20.8. The molecule has 0 radical (unpaired) electrons. The average Bonchev–Trinajstić information content (AvgIpc) is 3.12. The van der Waals surface area contributed by atoms with Crippen LogP contribution in [-0.4, -0.2) is 69.2 Å². The average molecular weight is 540 g/mol. The van der Waals surface area contributed by atoms with E-state index in [9.17, 15) is 33.5 Å². The Morgan fingerprint density at radius 2 is 1.84 bits per heavy atom. The molecule has 0 saturated carbocycles. The Hall–Kier alpha value is -0.940. The van der Waals surface area contributed by atoms with Crippen LogP contribution in [0, 0.1) is 6.08 Å². The summed E-state index contributed by atoms with van der Waals surface area (Å²) in [7, 11) is -11.0. The van der Waals surface area contributed by atoms with E-state index in [1.807, 2.05) is 0 Å². The summed E-state index contributed by atoms with van der Waals surface area (Å²) in [6.07, 6.45) is -5.80. The van der Waals surface area contributed by atoms with E-state index in [-0.39, 0.29) is 16.9 Å². The van der Waals surface area contributed by atoms with Crippen LogP contribution in [0.15, 0.2) is 12.3 Å². The van der Waals surface area contributed by atoms with Gasteiger partial charge in [-0.25, -0.2) is 13.4 Å². The zero-order chi connectivity index (χ0) is 24.1. The van der Waals surface area contributed by atoms with Gasteiger partial charge < -0.3 is 49.3 Å². The first-order valence-electron chi connectivity index (χ1n) is 8.18. The van der Waals surface area contributed by atoms with Gasteiger partial charge >= 0.3 is 28.4 Å². The third kappa shape index (κ3) is 5.94. The number of aliphatic hydroxyl groups is 2. The van der Waals surface area contributed by atoms with Crippen molar-refractivity contribution in [3.63, 3.8) is 0 Å². The van der Waals surface area contributed by atoms with Crippen LogP contribution in [0.25, 0.3) is 11.0 Å². The number of halogens is 1. The van der Waals surface area contributed by atoms with Crippen LogP contribution in [0.4, 0.5) is 10.2 Å². The second kappa shape index (κ2) is 9.02. The maximum Gasteiger partial charge on any atom is 0.488 e. The quantitative estimate of drug-likeness (QED) is 0.160. The molecule has 16 nitrogen and oxygen atoms in total. The second-order valence-electron chi connectivity index (χ2n) is 6.27. The highest BCUT2D eigenvalue weighted by Gasteiger charge is 2.46. The van der Waals surface area contributed by atoms with Crippen molar-refractivity contribution in [2.24, 2.45) is 0 Å². The van der Waals surface area contributed by atoms with E-state index in [1.165, 1.54) is 12.3 Å². The minimum atomic E-state index is -5.52. The van der Waals surface area contributed by atoms with E-state index < -0.39 is 59.6 Å². The molecule has 3 rings (SSSR count). The third-order valence-corrected chi connectivity index (χ3v) is 8.72. The minimum Gasteiger partial charge on any atom is -0.387 e. The van der Waals surface area contributed by atoms with E-state index in [0.29, 0.717) is 0 Å². The summed E-state index contributed by atoms with van der Waals surface area (Å²) in [5.74, 6) is -0.178. The number of hydrogen-bond donors (Lipinski definition) is 7. The first kappa shape index (κ1) is 25.7. The summed E-state index contributed by atoms with van der Waals surface area (Å²) in [6, 6.07) is 1.41. The van der Waals surface area contributed by atoms with Crippen LogP contribution in [0.5, 0.6) is 0 Å². The van der Waals surface area contributed by atoms with E-state index >= 15 is 0 Å². The molecule has 1 aliphatic rings. The van der Waals surface area contributed by atoms with Crippen LogP contribution >= 0.6 is 22.4 Å². The van der Waals surface area contributed by atoms with E-state index in [2.05, 4.69) is 30.4 Å². The molecule has 1 aliphatic heterocycles. The molecule has 1 saturated heterocycles. The van der Waals surface area contributed by atoms with Crippen molar-refractivity contribution in [1.82, 2.24) is 14.5 Å². The topological polar surface area (TPSA) is 249 Å². The Bertz CT molecular complexity index is 1160. The lowest BCUT2D eigenvalue weighted by molar-refractivity contribution is -0.0484. The van der Waals surface area contributed by atoms with Crippen molar-refractivity contribution >= 4 is 51.0 Å². The molecule has 0 aliphatic carbocycles. The van der Waals surface area contributed by atoms with Crippen molar-refractivity contribution in [3.8, 4) is 0 Å². The van der Waals surface area contributed by atoms with Gasteiger partial charge in [0.1, 0.15) is 24.1 Å². The number of hydrogen-bond acceptors (Lipinski definition) is 12. The number of fused-ring (bicyclic) bond motifs is 1. The Labute approximate surface area is 182 Å². The first-order valence-corrected chi connectivity index (χ1v) is 13.8. The van der Waals surface area contributed by atoms with Crippen molar-refractivity contribution in [1.29, 1.82) is 0 Å². The summed E-state index contributed by atoms with van der Waals surface area (Å²) >= 11 is 4.46. The number of aromatic nitrogens is 3. The van der Waals surface area contributed by atoms with E-state index in [0.717, 1.165) is 4.57 Å². The lowest BCUT2D eigenvalue weighted by Crippen LogP contribution is -2.33. The van der Waals surface area contributed by atoms with Crippen molar-refractivity contribution in [2.75, 3.05) is 12.3 Å². The zero-order valence-corrected chi connectivity index (χ0v) is 18.9. The van der Waals surface area contributed by atoms with Gasteiger partial charge in [0.2, 0.25) is 0 Å². The molecule has 0 bridgehead atoms. The van der Waals surface area contributed by atoms with Crippen molar-refractivity contribution in [2.45, 2.75) is 24.5 Å². The van der Waals surface area contributed by atoms with Gasteiger partial charge in [-0.1, -0.05) is 0 Å². The number of nitrogens with zero attached hydrogens (tertiary/aromatic N) is 3. The molecule has 8 N–H and O–H groups in total. The SMILES string of the molecule is Nc1nc(F)nc2c1ccn2C1OC(COP(O)(=S)OP(=O)(O)OP(=O)(O)O)C(O)C1O. The Morgan fingerprint density at radius 1 is 1.19 bits per heavy atom. The molecule has 0 spiro atoms. The third-order valence-electron chi connectivity index (χ3n) is 4.00. The smallest absolute Gasteiger partial charge is 0.387 e. The van der Waals surface area contributed by atoms with Gasteiger partial charge in [-0.2, -0.15) is 18.7 Å². The highest BCUT2D eigenvalue weighted by molar-refractivity contribution is 8.08. The van der Waals surface area contributed by atoms with Crippen LogP contribution < -0.4 is 5.73 Å². The number of nitrogens with two attached hydrogens (primary N) is 1. The summed E-state index contributed by atoms with van der Waals surface area (Å²) in [6.45, 7) is -5.45. The molecule has 2 aromatic heterocycles. The number of anilines is 1. The van der Waals surface area contributed by atoms with Gasteiger partial charge in [-0.15, -0.1) is 0 Å². The monoisotopic (exact) mass is 540 g/mol. The molecule has 6 unspecified atom stereocenters. The number of phosphoric acid groups is 2. The van der Waals surface area contributed by atoms with Crippen molar-refractivity contribution in [3.05, 3.63) is 18.3 Å². The summed E-state index contributed by atoms with van der Waals surface area (Å²) < 4.78 is 54.7. The Morgan fingerprint density at radius 3 is 2.47 bits per heavy atom. The molecule has 3 heterocycles. The Balaban J connectivity index is 1.72. The van der Waals surface area contributed by atoms with Gasteiger partial charge in [0.05, 0.1) is 12.0 Å². The normalized spacial score (nSPS) is 28.0. The van der Waals surface area contributed by atoms with Crippen LogP contribution in [-0.2, 0) is 38.8 Å². The summed E-state index contributed by atoms with van der Waals surface area (Å²) in [4.78, 5) is 43.1. The lowest BCUT2D eigenvalue weighted by atomic mass is 10.1. The number of aliphatic hydroxyl groups excluding tert-OH is 2. The van der Waals surface area contributed by atoms with E-state index in [4.69, 9.17) is 24.8 Å².